The fourth-order valence-electron chi connectivity index (χ4n) is 2.15. The summed E-state index contributed by atoms with van der Waals surface area (Å²) < 4.78 is 1.77. The molecule has 1 N–H and O–H groups in total. The highest BCUT2D eigenvalue weighted by Gasteiger charge is 2.14. The second-order valence-corrected chi connectivity index (χ2v) is 6.21. The van der Waals surface area contributed by atoms with Crippen LogP contribution in [0.25, 0.3) is 5.69 Å². The fourth-order valence-corrected chi connectivity index (χ4v) is 3.12. The first-order valence-electron chi connectivity index (χ1n) is 6.62. The summed E-state index contributed by atoms with van der Waals surface area (Å²) in [5.74, 6) is 0. The molecule has 0 aliphatic rings. The molecule has 2 heterocycles. The van der Waals surface area contributed by atoms with Crippen LogP contribution in [-0.2, 0) is 0 Å². The summed E-state index contributed by atoms with van der Waals surface area (Å²) in [7, 11) is 0. The maximum atomic E-state index is 6.34. The highest BCUT2D eigenvalue weighted by atomic mass is 35.5. The van der Waals surface area contributed by atoms with Crippen LogP contribution in [-0.4, -0.2) is 14.8 Å². The Labute approximate surface area is 132 Å². The number of hydrogen-bond donors (Lipinski definition) is 1. The van der Waals surface area contributed by atoms with Gasteiger partial charge in [-0.3, -0.25) is 0 Å². The summed E-state index contributed by atoms with van der Waals surface area (Å²) in [5.41, 5.74) is 2.82. The lowest BCUT2D eigenvalue weighted by atomic mass is 10.2. The van der Waals surface area contributed by atoms with Gasteiger partial charge in [0.25, 0.3) is 0 Å². The standard InChI is InChI=1S/C15H15ClN4S/c1-10(14-9-21-11(2)19-14)18-13-6-3-5-12(16)15(13)20-8-4-7-17-20/h3-10,18H,1-2H3. The molecule has 0 bridgehead atoms. The molecule has 21 heavy (non-hydrogen) atoms. The van der Waals surface area contributed by atoms with E-state index in [0.29, 0.717) is 5.02 Å². The van der Waals surface area contributed by atoms with Crippen molar-refractivity contribution in [1.29, 1.82) is 0 Å². The van der Waals surface area contributed by atoms with Crippen LogP contribution in [0.4, 0.5) is 5.69 Å². The Morgan fingerprint density at radius 1 is 1.33 bits per heavy atom. The van der Waals surface area contributed by atoms with Crippen LogP contribution in [0, 0.1) is 6.92 Å². The van der Waals surface area contributed by atoms with Crippen molar-refractivity contribution in [2.75, 3.05) is 5.32 Å². The number of benzene rings is 1. The van der Waals surface area contributed by atoms with Gasteiger partial charge in [-0.05, 0) is 32.0 Å². The molecule has 1 atom stereocenters. The molecule has 0 saturated heterocycles. The molecule has 0 aliphatic carbocycles. The molecule has 1 unspecified atom stereocenters. The SMILES string of the molecule is Cc1nc(C(C)Nc2cccc(Cl)c2-n2cccn2)cs1. The summed E-state index contributed by atoms with van der Waals surface area (Å²) in [5, 5.41) is 11.5. The van der Waals surface area contributed by atoms with E-state index in [-0.39, 0.29) is 6.04 Å². The minimum Gasteiger partial charge on any atom is -0.375 e. The van der Waals surface area contributed by atoms with Crippen LogP contribution in [0.1, 0.15) is 23.7 Å². The molecule has 0 amide bonds. The molecule has 6 heteroatoms. The Bertz CT molecular complexity index is 736. The number of halogens is 1. The van der Waals surface area contributed by atoms with E-state index in [1.165, 1.54) is 0 Å². The monoisotopic (exact) mass is 318 g/mol. The number of aromatic nitrogens is 3. The average Bonchev–Trinajstić information content (AvgIpc) is 3.10. The van der Waals surface area contributed by atoms with Gasteiger partial charge < -0.3 is 5.32 Å². The number of nitrogens with zero attached hydrogens (tertiary/aromatic N) is 3. The number of thiazole rings is 1. The molecular weight excluding hydrogens is 304 g/mol. The zero-order valence-corrected chi connectivity index (χ0v) is 13.3. The van der Waals surface area contributed by atoms with Gasteiger partial charge in [-0.2, -0.15) is 5.10 Å². The Morgan fingerprint density at radius 2 is 2.19 bits per heavy atom. The van der Waals surface area contributed by atoms with E-state index in [0.717, 1.165) is 22.1 Å². The zero-order valence-electron chi connectivity index (χ0n) is 11.7. The first-order chi connectivity index (χ1) is 10.1. The zero-order chi connectivity index (χ0) is 14.8. The van der Waals surface area contributed by atoms with Crippen molar-refractivity contribution in [1.82, 2.24) is 14.8 Å². The summed E-state index contributed by atoms with van der Waals surface area (Å²) >= 11 is 7.99. The molecule has 0 radical (unpaired) electrons. The Morgan fingerprint density at radius 3 is 2.86 bits per heavy atom. The number of rotatable bonds is 4. The van der Waals surface area contributed by atoms with Gasteiger partial charge >= 0.3 is 0 Å². The Balaban J connectivity index is 1.94. The van der Waals surface area contributed by atoms with Gasteiger partial charge in [0, 0.05) is 17.8 Å². The number of anilines is 1. The first-order valence-corrected chi connectivity index (χ1v) is 7.88. The first kappa shape index (κ1) is 14.1. The van der Waals surface area contributed by atoms with E-state index >= 15 is 0 Å². The molecule has 0 spiro atoms. The molecular formula is C15H15ClN4S. The Hall–Kier alpha value is -1.85. The van der Waals surface area contributed by atoms with E-state index < -0.39 is 0 Å². The second kappa shape index (κ2) is 5.87. The van der Waals surface area contributed by atoms with Gasteiger partial charge in [0.15, 0.2) is 0 Å². The maximum Gasteiger partial charge on any atom is 0.106 e. The lowest BCUT2D eigenvalue weighted by Crippen LogP contribution is -2.10. The third kappa shape index (κ3) is 2.94. The van der Waals surface area contributed by atoms with Gasteiger partial charge in [0.05, 0.1) is 27.5 Å². The van der Waals surface area contributed by atoms with Crippen LogP contribution < -0.4 is 5.32 Å². The Kier molecular flexibility index (Phi) is 3.94. The molecule has 3 aromatic rings. The third-order valence-corrected chi connectivity index (χ3v) is 4.27. The predicted molar refractivity (Wildman–Crippen MR) is 87.5 cm³/mol. The lowest BCUT2D eigenvalue weighted by molar-refractivity contribution is 0.831. The van der Waals surface area contributed by atoms with Crippen molar-refractivity contribution in [3.8, 4) is 5.69 Å². The molecule has 0 aliphatic heterocycles. The van der Waals surface area contributed by atoms with Crippen molar-refractivity contribution in [3.63, 3.8) is 0 Å². The fraction of sp³-hybridized carbons (Fsp3) is 0.200. The van der Waals surface area contributed by atoms with Gasteiger partial charge in [0.1, 0.15) is 5.69 Å². The van der Waals surface area contributed by atoms with Crippen LogP contribution in [0.15, 0.2) is 42.0 Å². The van der Waals surface area contributed by atoms with Gasteiger partial charge in [-0.1, -0.05) is 17.7 Å². The van der Waals surface area contributed by atoms with Crippen molar-refractivity contribution in [2.45, 2.75) is 19.9 Å². The van der Waals surface area contributed by atoms with Crippen LogP contribution in [0.3, 0.4) is 0 Å². The molecule has 4 nitrogen and oxygen atoms in total. The second-order valence-electron chi connectivity index (χ2n) is 4.74. The highest BCUT2D eigenvalue weighted by Crippen LogP contribution is 2.30. The summed E-state index contributed by atoms with van der Waals surface area (Å²) in [6.07, 6.45) is 3.62. The van der Waals surface area contributed by atoms with E-state index in [9.17, 15) is 0 Å². The third-order valence-electron chi connectivity index (χ3n) is 3.17. The van der Waals surface area contributed by atoms with Gasteiger partial charge in [-0.15, -0.1) is 11.3 Å². The molecule has 0 fully saturated rings. The van der Waals surface area contributed by atoms with Gasteiger partial charge in [-0.25, -0.2) is 9.67 Å². The summed E-state index contributed by atoms with van der Waals surface area (Å²) in [4.78, 5) is 4.52. The van der Waals surface area contributed by atoms with Crippen LogP contribution >= 0.6 is 22.9 Å². The topological polar surface area (TPSA) is 42.7 Å². The van der Waals surface area contributed by atoms with Crippen molar-refractivity contribution < 1.29 is 0 Å². The molecule has 1 aromatic carbocycles. The molecule has 0 saturated carbocycles. The maximum absolute atomic E-state index is 6.34. The minimum atomic E-state index is 0.0997. The van der Waals surface area contributed by atoms with E-state index in [1.54, 1.807) is 22.2 Å². The van der Waals surface area contributed by atoms with Crippen LogP contribution in [0.2, 0.25) is 5.02 Å². The molecule has 2 aromatic heterocycles. The lowest BCUT2D eigenvalue weighted by Gasteiger charge is -2.17. The number of para-hydroxylation sites is 1. The van der Waals surface area contributed by atoms with E-state index in [4.69, 9.17) is 11.6 Å². The van der Waals surface area contributed by atoms with Crippen LogP contribution in [0.5, 0.6) is 0 Å². The predicted octanol–water partition coefficient (Wildman–Crippen LogP) is 4.46. The quantitative estimate of drug-likeness (QED) is 0.772. The van der Waals surface area contributed by atoms with E-state index in [2.05, 4.69) is 27.7 Å². The highest BCUT2D eigenvalue weighted by molar-refractivity contribution is 7.09. The molecule has 3 rings (SSSR count). The smallest absolute Gasteiger partial charge is 0.106 e. The number of aryl methyl sites for hydroxylation is 1. The summed E-state index contributed by atoms with van der Waals surface area (Å²) in [6.45, 7) is 4.09. The van der Waals surface area contributed by atoms with Gasteiger partial charge in [0.2, 0.25) is 0 Å². The number of hydrogen-bond acceptors (Lipinski definition) is 4. The van der Waals surface area contributed by atoms with Crippen molar-refractivity contribution in [3.05, 3.63) is 57.8 Å². The summed E-state index contributed by atoms with van der Waals surface area (Å²) in [6, 6.07) is 7.76. The average molecular weight is 319 g/mol. The van der Waals surface area contributed by atoms with Crippen molar-refractivity contribution >= 4 is 28.6 Å². The normalized spacial score (nSPS) is 12.3. The van der Waals surface area contributed by atoms with Crippen molar-refractivity contribution in [2.24, 2.45) is 0 Å². The largest absolute Gasteiger partial charge is 0.375 e. The number of nitrogens with one attached hydrogen (secondary N) is 1. The minimum absolute atomic E-state index is 0.0997. The molecule has 108 valence electrons. The van der Waals surface area contributed by atoms with E-state index in [1.807, 2.05) is 37.4 Å².